The summed E-state index contributed by atoms with van der Waals surface area (Å²) in [5.41, 5.74) is 6.55. The summed E-state index contributed by atoms with van der Waals surface area (Å²) in [6, 6.07) is 0. The number of fused-ring (bicyclic) bond motifs is 1. The Labute approximate surface area is 63.0 Å². The molecule has 1 heteroatoms. The van der Waals surface area contributed by atoms with Crippen molar-refractivity contribution < 1.29 is 0 Å². The Kier molecular flexibility index (Phi) is 1.48. The van der Waals surface area contributed by atoms with Gasteiger partial charge in [0.1, 0.15) is 0 Å². The average Bonchev–Trinajstić information content (AvgIpc) is 2.29. The van der Waals surface area contributed by atoms with Crippen molar-refractivity contribution in [2.45, 2.75) is 50.5 Å². The van der Waals surface area contributed by atoms with Gasteiger partial charge in [0.25, 0.3) is 0 Å². The van der Waals surface area contributed by atoms with Crippen molar-refractivity contribution in [1.82, 2.24) is 0 Å². The highest BCUT2D eigenvalue weighted by Crippen LogP contribution is 2.43. The highest BCUT2D eigenvalue weighted by molar-refractivity contribution is 4.98. The normalized spacial score (nSPS) is 47.1. The van der Waals surface area contributed by atoms with Crippen LogP contribution in [0.25, 0.3) is 0 Å². The Hall–Kier alpha value is -0.0400. The third kappa shape index (κ3) is 0.878. The highest BCUT2D eigenvalue weighted by Gasteiger charge is 2.40. The first-order chi connectivity index (χ1) is 4.81. The van der Waals surface area contributed by atoms with Crippen LogP contribution in [0, 0.1) is 5.92 Å². The minimum absolute atomic E-state index is 0.290. The zero-order valence-corrected chi connectivity index (χ0v) is 6.60. The van der Waals surface area contributed by atoms with Crippen molar-refractivity contribution >= 4 is 0 Å². The van der Waals surface area contributed by atoms with E-state index in [2.05, 4.69) is 0 Å². The summed E-state index contributed by atoms with van der Waals surface area (Å²) in [5.74, 6) is 0.890. The quantitative estimate of drug-likeness (QED) is 0.546. The average molecular weight is 139 g/mol. The maximum Gasteiger partial charge on any atom is 0.0182 e. The molecule has 0 aromatic carbocycles. The molecule has 0 aromatic rings. The van der Waals surface area contributed by atoms with E-state index in [1.807, 2.05) is 0 Å². The van der Waals surface area contributed by atoms with E-state index in [0.717, 1.165) is 5.92 Å². The molecule has 2 fully saturated rings. The van der Waals surface area contributed by atoms with E-state index in [-0.39, 0.29) is 5.54 Å². The summed E-state index contributed by atoms with van der Waals surface area (Å²) < 4.78 is 0. The lowest BCUT2D eigenvalue weighted by Crippen LogP contribution is -2.45. The van der Waals surface area contributed by atoms with E-state index < -0.39 is 0 Å². The SMILES string of the molecule is N[C@@]12CCCCC1CCC2. The Morgan fingerprint density at radius 2 is 1.70 bits per heavy atom. The van der Waals surface area contributed by atoms with Crippen LogP contribution < -0.4 is 5.73 Å². The van der Waals surface area contributed by atoms with Gasteiger partial charge in [0.2, 0.25) is 0 Å². The fourth-order valence-electron chi connectivity index (χ4n) is 2.77. The van der Waals surface area contributed by atoms with Crippen LogP contribution in [0.1, 0.15) is 44.9 Å². The molecule has 0 aliphatic heterocycles. The van der Waals surface area contributed by atoms with Crippen molar-refractivity contribution in [3.8, 4) is 0 Å². The van der Waals surface area contributed by atoms with Gasteiger partial charge in [-0.3, -0.25) is 0 Å². The molecule has 1 nitrogen and oxygen atoms in total. The molecule has 0 radical (unpaired) electrons. The highest BCUT2D eigenvalue weighted by atomic mass is 14.8. The first-order valence-electron chi connectivity index (χ1n) is 4.60. The summed E-state index contributed by atoms with van der Waals surface area (Å²) >= 11 is 0. The third-order valence-electron chi connectivity index (χ3n) is 3.45. The monoisotopic (exact) mass is 139 g/mol. The Bertz CT molecular complexity index is 133. The number of hydrogen-bond acceptors (Lipinski definition) is 1. The molecule has 1 unspecified atom stereocenters. The molecule has 0 heterocycles. The zero-order chi connectivity index (χ0) is 7.03. The van der Waals surface area contributed by atoms with Gasteiger partial charge in [-0.25, -0.2) is 0 Å². The summed E-state index contributed by atoms with van der Waals surface area (Å²) in [6.07, 6.45) is 9.64. The molecule has 2 saturated carbocycles. The summed E-state index contributed by atoms with van der Waals surface area (Å²) in [5, 5.41) is 0. The van der Waals surface area contributed by atoms with Crippen molar-refractivity contribution in [2.24, 2.45) is 11.7 Å². The van der Waals surface area contributed by atoms with E-state index in [4.69, 9.17) is 5.73 Å². The first-order valence-corrected chi connectivity index (χ1v) is 4.60. The molecule has 0 aromatic heterocycles. The molecule has 2 atom stereocenters. The van der Waals surface area contributed by atoms with Crippen LogP contribution in [0.5, 0.6) is 0 Å². The Balaban J connectivity index is 2.10. The smallest absolute Gasteiger partial charge is 0.0182 e. The lowest BCUT2D eigenvalue weighted by Gasteiger charge is -2.35. The van der Waals surface area contributed by atoms with Gasteiger partial charge in [-0.05, 0) is 31.6 Å². The van der Waals surface area contributed by atoms with Crippen LogP contribution in [0.15, 0.2) is 0 Å². The van der Waals surface area contributed by atoms with E-state index >= 15 is 0 Å². The Morgan fingerprint density at radius 1 is 1.00 bits per heavy atom. The van der Waals surface area contributed by atoms with E-state index in [9.17, 15) is 0 Å². The number of rotatable bonds is 0. The van der Waals surface area contributed by atoms with Gasteiger partial charge < -0.3 is 5.73 Å². The number of hydrogen-bond donors (Lipinski definition) is 1. The summed E-state index contributed by atoms with van der Waals surface area (Å²) in [6.45, 7) is 0. The Morgan fingerprint density at radius 3 is 2.50 bits per heavy atom. The fourth-order valence-corrected chi connectivity index (χ4v) is 2.77. The summed E-state index contributed by atoms with van der Waals surface area (Å²) in [4.78, 5) is 0. The van der Waals surface area contributed by atoms with E-state index in [1.165, 1.54) is 44.9 Å². The molecule has 2 aliphatic rings. The largest absolute Gasteiger partial charge is 0.325 e. The second-order valence-electron chi connectivity index (χ2n) is 4.07. The van der Waals surface area contributed by atoms with Crippen LogP contribution in [0.4, 0.5) is 0 Å². The molecule has 0 amide bonds. The van der Waals surface area contributed by atoms with Gasteiger partial charge in [0, 0.05) is 5.54 Å². The molecule has 58 valence electrons. The van der Waals surface area contributed by atoms with Crippen LogP contribution in [-0.2, 0) is 0 Å². The van der Waals surface area contributed by atoms with E-state index in [0.29, 0.717) is 0 Å². The minimum Gasteiger partial charge on any atom is -0.325 e. The standard InChI is InChI=1S/C9H17N/c10-9-6-2-1-4-8(9)5-3-7-9/h8H,1-7,10H2/t8?,9-/m1/s1. The first kappa shape index (κ1) is 6.66. The lowest BCUT2D eigenvalue weighted by atomic mass is 9.76. The van der Waals surface area contributed by atoms with Crippen LogP contribution in [-0.4, -0.2) is 5.54 Å². The molecule has 0 spiro atoms. The molecule has 2 aliphatic carbocycles. The number of nitrogens with two attached hydrogens (primary N) is 1. The fraction of sp³-hybridized carbons (Fsp3) is 1.00. The zero-order valence-electron chi connectivity index (χ0n) is 6.60. The predicted molar refractivity (Wildman–Crippen MR) is 42.7 cm³/mol. The molecular formula is C9H17N. The van der Waals surface area contributed by atoms with Crippen molar-refractivity contribution in [3.05, 3.63) is 0 Å². The molecular weight excluding hydrogens is 122 g/mol. The molecule has 2 N–H and O–H groups in total. The maximum atomic E-state index is 6.26. The van der Waals surface area contributed by atoms with Gasteiger partial charge in [-0.2, -0.15) is 0 Å². The maximum absolute atomic E-state index is 6.26. The molecule has 0 bridgehead atoms. The van der Waals surface area contributed by atoms with E-state index in [1.54, 1.807) is 0 Å². The van der Waals surface area contributed by atoms with Gasteiger partial charge in [0.05, 0.1) is 0 Å². The van der Waals surface area contributed by atoms with Crippen molar-refractivity contribution in [1.29, 1.82) is 0 Å². The predicted octanol–water partition coefficient (Wildman–Crippen LogP) is 2.06. The third-order valence-corrected chi connectivity index (χ3v) is 3.45. The molecule has 10 heavy (non-hydrogen) atoms. The van der Waals surface area contributed by atoms with Crippen molar-refractivity contribution in [3.63, 3.8) is 0 Å². The van der Waals surface area contributed by atoms with Crippen LogP contribution in [0.3, 0.4) is 0 Å². The topological polar surface area (TPSA) is 26.0 Å². The second kappa shape index (κ2) is 2.23. The van der Waals surface area contributed by atoms with Crippen LogP contribution >= 0.6 is 0 Å². The van der Waals surface area contributed by atoms with Gasteiger partial charge in [-0.15, -0.1) is 0 Å². The molecule has 0 saturated heterocycles. The minimum atomic E-state index is 0.290. The van der Waals surface area contributed by atoms with Gasteiger partial charge >= 0.3 is 0 Å². The lowest BCUT2D eigenvalue weighted by molar-refractivity contribution is 0.226. The van der Waals surface area contributed by atoms with Crippen molar-refractivity contribution in [2.75, 3.05) is 0 Å². The van der Waals surface area contributed by atoms with Gasteiger partial charge in [0.15, 0.2) is 0 Å². The summed E-state index contributed by atoms with van der Waals surface area (Å²) in [7, 11) is 0. The second-order valence-corrected chi connectivity index (χ2v) is 4.07. The van der Waals surface area contributed by atoms with Crippen LogP contribution in [0.2, 0.25) is 0 Å². The molecule has 2 rings (SSSR count). The van der Waals surface area contributed by atoms with Gasteiger partial charge in [-0.1, -0.05) is 19.3 Å².